The highest BCUT2D eigenvalue weighted by Crippen LogP contribution is 2.25. The standard InChI is InChI=1S/C13H23N5/c1-10(2)11-12(14)16-9-17-13(11)15-5-8-18-6-3-4-7-18/h9-10H,3-8H2,1-2H3,(H3,14,15,16,17). The number of aromatic nitrogens is 2. The summed E-state index contributed by atoms with van der Waals surface area (Å²) in [5, 5.41) is 3.39. The summed E-state index contributed by atoms with van der Waals surface area (Å²) in [6.45, 7) is 8.66. The molecule has 1 fully saturated rings. The van der Waals surface area contributed by atoms with Crippen LogP contribution in [0.4, 0.5) is 11.6 Å². The Morgan fingerprint density at radius 2 is 2.06 bits per heavy atom. The van der Waals surface area contributed by atoms with Gasteiger partial charge in [0.15, 0.2) is 0 Å². The lowest BCUT2D eigenvalue weighted by Crippen LogP contribution is -2.26. The summed E-state index contributed by atoms with van der Waals surface area (Å²) in [5.41, 5.74) is 6.94. The Morgan fingerprint density at radius 3 is 2.72 bits per heavy atom. The Bertz CT molecular complexity index is 385. The summed E-state index contributed by atoms with van der Waals surface area (Å²) in [6.07, 6.45) is 4.19. The largest absolute Gasteiger partial charge is 0.383 e. The van der Waals surface area contributed by atoms with Crippen molar-refractivity contribution in [2.75, 3.05) is 37.2 Å². The second-order valence-corrected chi connectivity index (χ2v) is 5.15. The molecule has 5 nitrogen and oxygen atoms in total. The van der Waals surface area contributed by atoms with Gasteiger partial charge in [0.05, 0.1) is 0 Å². The number of nitrogen functional groups attached to an aromatic ring is 1. The smallest absolute Gasteiger partial charge is 0.135 e. The predicted molar refractivity (Wildman–Crippen MR) is 74.7 cm³/mol. The maximum absolute atomic E-state index is 5.91. The Hall–Kier alpha value is -1.36. The SMILES string of the molecule is CC(C)c1c(N)ncnc1NCCN1CCCC1. The monoisotopic (exact) mass is 249 g/mol. The van der Waals surface area contributed by atoms with Crippen LogP contribution in [0.5, 0.6) is 0 Å². The molecular weight excluding hydrogens is 226 g/mol. The molecule has 0 radical (unpaired) electrons. The molecule has 5 heteroatoms. The van der Waals surface area contributed by atoms with Crippen molar-refractivity contribution < 1.29 is 0 Å². The van der Waals surface area contributed by atoms with Crippen LogP contribution in [0.1, 0.15) is 38.2 Å². The number of anilines is 2. The van der Waals surface area contributed by atoms with E-state index in [1.54, 1.807) is 0 Å². The van der Waals surface area contributed by atoms with Gasteiger partial charge in [0.25, 0.3) is 0 Å². The van der Waals surface area contributed by atoms with Crippen molar-refractivity contribution in [3.63, 3.8) is 0 Å². The van der Waals surface area contributed by atoms with Crippen LogP contribution in [0.25, 0.3) is 0 Å². The first-order valence-electron chi connectivity index (χ1n) is 6.75. The third-order valence-electron chi connectivity index (χ3n) is 3.41. The first-order chi connectivity index (χ1) is 8.68. The van der Waals surface area contributed by atoms with Crippen LogP contribution in [-0.4, -0.2) is 41.0 Å². The van der Waals surface area contributed by atoms with Crippen molar-refractivity contribution in [3.8, 4) is 0 Å². The molecule has 0 saturated carbocycles. The van der Waals surface area contributed by atoms with Crippen LogP contribution in [0.3, 0.4) is 0 Å². The zero-order valence-electron chi connectivity index (χ0n) is 11.3. The van der Waals surface area contributed by atoms with Crippen molar-refractivity contribution >= 4 is 11.6 Å². The minimum Gasteiger partial charge on any atom is -0.383 e. The van der Waals surface area contributed by atoms with Gasteiger partial charge in [-0.3, -0.25) is 0 Å². The minimum absolute atomic E-state index is 0.334. The molecule has 18 heavy (non-hydrogen) atoms. The highest BCUT2D eigenvalue weighted by Gasteiger charge is 2.14. The molecule has 0 unspecified atom stereocenters. The van der Waals surface area contributed by atoms with Gasteiger partial charge in [-0.2, -0.15) is 0 Å². The summed E-state index contributed by atoms with van der Waals surface area (Å²) in [6, 6.07) is 0. The van der Waals surface area contributed by atoms with Gasteiger partial charge in [-0.25, -0.2) is 9.97 Å². The fourth-order valence-electron chi connectivity index (χ4n) is 2.46. The van der Waals surface area contributed by atoms with Crippen LogP contribution in [0.15, 0.2) is 6.33 Å². The minimum atomic E-state index is 0.334. The van der Waals surface area contributed by atoms with E-state index < -0.39 is 0 Å². The van der Waals surface area contributed by atoms with Crippen molar-refractivity contribution in [2.24, 2.45) is 0 Å². The first-order valence-corrected chi connectivity index (χ1v) is 6.75. The number of nitrogens with zero attached hydrogens (tertiary/aromatic N) is 3. The average Bonchev–Trinajstić information content (AvgIpc) is 2.81. The third-order valence-corrected chi connectivity index (χ3v) is 3.41. The Labute approximate surface area is 109 Å². The van der Waals surface area contributed by atoms with E-state index in [0.29, 0.717) is 11.7 Å². The Balaban J connectivity index is 1.93. The number of hydrogen-bond donors (Lipinski definition) is 2. The van der Waals surface area contributed by atoms with E-state index in [1.807, 2.05) is 0 Å². The molecule has 2 heterocycles. The second kappa shape index (κ2) is 6.00. The maximum atomic E-state index is 5.91. The highest BCUT2D eigenvalue weighted by molar-refractivity contribution is 5.56. The second-order valence-electron chi connectivity index (χ2n) is 5.15. The lowest BCUT2D eigenvalue weighted by Gasteiger charge is -2.18. The molecule has 1 aliphatic heterocycles. The molecule has 0 atom stereocenters. The molecule has 2 rings (SSSR count). The fourth-order valence-corrected chi connectivity index (χ4v) is 2.46. The number of nitrogens with two attached hydrogens (primary N) is 1. The molecule has 1 aromatic rings. The number of rotatable bonds is 5. The lowest BCUT2D eigenvalue weighted by atomic mass is 10.0. The van der Waals surface area contributed by atoms with Crippen LogP contribution < -0.4 is 11.1 Å². The molecule has 0 bridgehead atoms. The molecular formula is C13H23N5. The van der Waals surface area contributed by atoms with E-state index in [1.165, 1.54) is 32.3 Å². The van der Waals surface area contributed by atoms with E-state index in [2.05, 4.69) is 34.0 Å². The van der Waals surface area contributed by atoms with Crippen molar-refractivity contribution in [1.29, 1.82) is 0 Å². The molecule has 100 valence electrons. The first kappa shape index (κ1) is 13.1. The summed E-state index contributed by atoms with van der Waals surface area (Å²) in [5.74, 6) is 1.81. The number of nitrogens with one attached hydrogen (secondary N) is 1. The molecule has 0 aromatic carbocycles. The van der Waals surface area contributed by atoms with Gasteiger partial charge < -0.3 is 16.0 Å². The molecule has 0 spiro atoms. The van der Waals surface area contributed by atoms with E-state index in [4.69, 9.17) is 5.73 Å². The van der Waals surface area contributed by atoms with Gasteiger partial charge in [-0.05, 0) is 31.8 Å². The molecule has 1 aliphatic rings. The molecule has 0 amide bonds. The predicted octanol–water partition coefficient (Wildman–Crippen LogP) is 1.69. The van der Waals surface area contributed by atoms with Gasteiger partial charge in [0.2, 0.25) is 0 Å². The maximum Gasteiger partial charge on any atom is 0.135 e. The zero-order chi connectivity index (χ0) is 13.0. The zero-order valence-corrected chi connectivity index (χ0v) is 11.3. The molecule has 0 aliphatic carbocycles. The molecule has 1 saturated heterocycles. The summed E-state index contributed by atoms with van der Waals surface area (Å²) >= 11 is 0. The van der Waals surface area contributed by atoms with Gasteiger partial charge in [0.1, 0.15) is 18.0 Å². The van der Waals surface area contributed by atoms with Gasteiger partial charge in [0, 0.05) is 18.7 Å². The van der Waals surface area contributed by atoms with Crippen LogP contribution in [0, 0.1) is 0 Å². The van der Waals surface area contributed by atoms with Gasteiger partial charge >= 0.3 is 0 Å². The number of hydrogen-bond acceptors (Lipinski definition) is 5. The fraction of sp³-hybridized carbons (Fsp3) is 0.692. The van der Waals surface area contributed by atoms with E-state index in [0.717, 1.165) is 24.5 Å². The average molecular weight is 249 g/mol. The van der Waals surface area contributed by atoms with E-state index >= 15 is 0 Å². The Kier molecular flexibility index (Phi) is 4.36. The molecule has 3 N–H and O–H groups in total. The lowest BCUT2D eigenvalue weighted by molar-refractivity contribution is 0.352. The molecule has 1 aromatic heterocycles. The van der Waals surface area contributed by atoms with Gasteiger partial charge in [-0.15, -0.1) is 0 Å². The normalized spacial score (nSPS) is 16.4. The summed E-state index contributed by atoms with van der Waals surface area (Å²) < 4.78 is 0. The van der Waals surface area contributed by atoms with E-state index in [9.17, 15) is 0 Å². The van der Waals surface area contributed by atoms with Crippen LogP contribution >= 0.6 is 0 Å². The third kappa shape index (κ3) is 3.10. The number of likely N-dealkylation sites (tertiary alicyclic amines) is 1. The summed E-state index contributed by atoms with van der Waals surface area (Å²) in [4.78, 5) is 10.8. The summed E-state index contributed by atoms with van der Waals surface area (Å²) in [7, 11) is 0. The van der Waals surface area contributed by atoms with E-state index in [-0.39, 0.29) is 0 Å². The van der Waals surface area contributed by atoms with Crippen molar-refractivity contribution in [3.05, 3.63) is 11.9 Å². The quantitative estimate of drug-likeness (QED) is 0.831. The topological polar surface area (TPSA) is 67.1 Å². The Morgan fingerprint density at radius 1 is 1.33 bits per heavy atom. The van der Waals surface area contributed by atoms with Crippen LogP contribution in [0.2, 0.25) is 0 Å². The highest BCUT2D eigenvalue weighted by atomic mass is 15.2. The van der Waals surface area contributed by atoms with Crippen LogP contribution in [-0.2, 0) is 0 Å². The van der Waals surface area contributed by atoms with Gasteiger partial charge in [-0.1, -0.05) is 13.8 Å². The van der Waals surface area contributed by atoms with Crippen molar-refractivity contribution in [2.45, 2.75) is 32.6 Å². The van der Waals surface area contributed by atoms with Crippen molar-refractivity contribution in [1.82, 2.24) is 14.9 Å².